The maximum Gasteiger partial charge on any atom is 0.0665 e. The van der Waals surface area contributed by atoms with Crippen molar-refractivity contribution in [3.63, 3.8) is 0 Å². The molecule has 2 rings (SSSR count). The van der Waals surface area contributed by atoms with Crippen molar-refractivity contribution in [2.45, 2.75) is 26.3 Å². The van der Waals surface area contributed by atoms with Crippen molar-refractivity contribution in [2.75, 3.05) is 0 Å². The predicted molar refractivity (Wildman–Crippen MR) is 55.4 cm³/mol. The van der Waals surface area contributed by atoms with Gasteiger partial charge in [-0.15, -0.1) is 0 Å². The minimum atomic E-state index is 0.620. The van der Waals surface area contributed by atoms with Gasteiger partial charge in [-0.05, 0) is 23.6 Å². The summed E-state index contributed by atoms with van der Waals surface area (Å²) in [4.78, 5) is 4.52. The maximum atomic E-state index is 5.57. The summed E-state index contributed by atoms with van der Waals surface area (Å²) in [6, 6.07) is 6.29. The molecule has 0 unspecified atom stereocenters. The molecule has 0 bridgehead atoms. The second-order valence-corrected chi connectivity index (χ2v) is 3.38. The van der Waals surface area contributed by atoms with E-state index in [0.29, 0.717) is 6.54 Å². The number of nitrogens with two attached hydrogens (primary N) is 1. The molecule has 13 heavy (non-hydrogen) atoms. The van der Waals surface area contributed by atoms with Gasteiger partial charge < -0.3 is 5.73 Å². The lowest BCUT2D eigenvalue weighted by Crippen LogP contribution is -1.98. The monoisotopic (exact) mass is 174 g/mol. The third-order valence-electron chi connectivity index (χ3n) is 2.46. The second kappa shape index (κ2) is 3.30. The highest BCUT2D eigenvalue weighted by Gasteiger charge is 2.12. The average molecular weight is 174 g/mol. The highest BCUT2D eigenvalue weighted by atomic mass is 14.8. The van der Waals surface area contributed by atoms with Crippen LogP contribution < -0.4 is 5.73 Å². The molecule has 0 atom stereocenters. The number of hydrogen-bond acceptors (Lipinski definition) is 2. The van der Waals surface area contributed by atoms with Crippen molar-refractivity contribution in [2.24, 2.45) is 10.7 Å². The van der Waals surface area contributed by atoms with Crippen molar-refractivity contribution in [1.29, 1.82) is 0 Å². The molecule has 0 spiro atoms. The highest BCUT2D eigenvalue weighted by Crippen LogP contribution is 2.28. The topological polar surface area (TPSA) is 38.4 Å². The Morgan fingerprint density at radius 3 is 3.00 bits per heavy atom. The molecule has 1 heterocycles. The molecule has 2 heteroatoms. The number of rotatable bonds is 2. The van der Waals surface area contributed by atoms with Gasteiger partial charge in [0.15, 0.2) is 0 Å². The van der Waals surface area contributed by atoms with Gasteiger partial charge in [-0.25, -0.2) is 0 Å². The van der Waals surface area contributed by atoms with E-state index in [1.165, 1.54) is 16.8 Å². The normalized spacial score (nSPS) is 14.2. The molecule has 0 amide bonds. The van der Waals surface area contributed by atoms with E-state index in [2.05, 4.69) is 30.1 Å². The van der Waals surface area contributed by atoms with E-state index in [4.69, 9.17) is 5.73 Å². The van der Waals surface area contributed by atoms with Crippen LogP contribution in [0.5, 0.6) is 0 Å². The standard InChI is InChI=1S/C11H14N2/c1-2-10-6-9-5-8(7-12)3-4-11(9)13-10/h3-5H,2,6-7,12H2,1H3. The summed E-state index contributed by atoms with van der Waals surface area (Å²) in [6.07, 6.45) is 2.06. The minimum absolute atomic E-state index is 0.620. The van der Waals surface area contributed by atoms with E-state index in [-0.39, 0.29) is 0 Å². The molecule has 0 saturated carbocycles. The summed E-state index contributed by atoms with van der Waals surface area (Å²) in [7, 11) is 0. The summed E-state index contributed by atoms with van der Waals surface area (Å²) in [5.74, 6) is 0. The van der Waals surface area contributed by atoms with E-state index in [1.54, 1.807) is 0 Å². The maximum absolute atomic E-state index is 5.57. The van der Waals surface area contributed by atoms with E-state index in [0.717, 1.165) is 18.5 Å². The Morgan fingerprint density at radius 2 is 2.31 bits per heavy atom. The van der Waals surface area contributed by atoms with Gasteiger partial charge in [0.1, 0.15) is 0 Å². The molecule has 1 aromatic rings. The summed E-state index contributed by atoms with van der Waals surface area (Å²) < 4.78 is 0. The summed E-state index contributed by atoms with van der Waals surface area (Å²) in [6.45, 7) is 2.77. The molecule has 1 aliphatic rings. The average Bonchev–Trinajstić information content (AvgIpc) is 2.58. The Morgan fingerprint density at radius 1 is 1.46 bits per heavy atom. The van der Waals surface area contributed by atoms with Crippen LogP contribution in [0.2, 0.25) is 0 Å². The molecule has 1 aliphatic heterocycles. The predicted octanol–water partition coefficient (Wildman–Crippen LogP) is 2.18. The first-order valence-corrected chi connectivity index (χ1v) is 4.71. The van der Waals surface area contributed by atoms with Crippen molar-refractivity contribution in [3.05, 3.63) is 29.3 Å². The first kappa shape index (κ1) is 8.45. The van der Waals surface area contributed by atoms with E-state index >= 15 is 0 Å². The quantitative estimate of drug-likeness (QED) is 0.733. The molecule has 2 N–H and O–H groups in total. The van der Waals surface area contributed by atoms with Gasteiger partial charge in [0.2, 0.25) is 0 Å². The van der Waals surface area contributed by atoms with Crippen LogP contribution in [0.25, 0.3) is 0 Å². The lowest BCUT2D eigenvalue weighted by atomic mass is 10.1. The lowest BCUT2D eigenvalue weighted by molar-refractivity contribution is 1.06. The zero-order chi connectivity index (χ0) is 9.26. The second-order valence-electron chi connectivity index (χ2n) is 3.38. The minimum Gasteiger partial charge on any atom is -0.326 e. The Kier molecular flexibility index (Phi) is 2.15. The lowest BCUT2D eigenvalue weighted by Gasteiger charge is -2.00. The Bertz CT molecular complexity index is 353. The third kappa shape index (κ3) is 1.49. The largest absolute Gasteiger partial charge is 0.326 e. The Labute approximate surface area is 78.5 Å². The van der Waals surface area contributed by atoms with Crippen LogP contribution in [0.15, 0.2) is 23.2 Å². The van der Waals surface area contributed by atoms with Crippen molar-refractivity contribution >= 4 is 11.4 Å². The number of fused-ring (bicyclic) bond motifs is 1. The fourth-order valence-corrected chi connectivity index (χ4v) is 1.65. The smallest absolute Gasteiger partial charge is 0.0665 e. The molecule has 0 fully saturated rings. The molecule has 68 valence electrons. The van der Waals surface area contributed by atoms with Gasteiger partial charge >= 0.3 is 0 Å². The van der Waals surface area contributed by atoms with Crippen LogP contribution in [0.1, 0.15) is 24.5 Å². The van der Waals surface area contributed by atoms with E-state index in [1.807, 2.05) is 0 Å². The molecule has 0 saturated heterocycles. The van der Waals surface area contributed by atoms with Crippen LogP contribution in [0.3, 0.4) is 0 Å². The molecular weight excluding hydrogens is 160 g/mol. The fraction of sp³-hybridized carbons (Fsp3) is 0.364. The van der Waals surface area contributed by atoms with Crippen LogP contribution in [0, 0.1) is 0 Å². The first-order chi connectivity index (χ1) is 6.33. The van der Waals surface area contributed by atoms with Crippen LogP contribution in [-0.4, -0.2) is 5.71 Å². The molecule has 0 radical (unpaired) electrons. The Balaban J connectivity index is 2.33. The summed E-state index contributed by atoms with van der Waals surface area (Å²) in [5, 5.41) is 0. The van der Waals surface area contributed by atoms with Crippen molar-refractivity contribution in [1.82, 2.24) is 0 Å². The summed E-state index contributed by atoms with van der Waals surface area (Å²) in [5.41, 5.74) is 10.5. The highest BCUT2D eigenvalue weighted by molar-refractivity contribution is 5.93. The van der Waals surface area contributed by atoms with Crippen LogP contribution in [0.4, 0.5) is 5.69 Å². The van der Waals surface area contributed by atoms with Gasteiger partial charge in [0, 0.05) is 18.7 Å². The van der Waals surface area contributed by atoms with E-state index < -0.39 is 0 Å². The molecule has 1 aromatic carbocycles. The molecule has 0 aliphatic carbocycles. The third-order valence-corrected chi connectivity index (χ3v) is 2.46. The van der Waals surface area contributed by atoms with Crippen molar-refractivity contribution < 1.29 is 0 Å². The molecule has 0 aromatic heterocycles. The number of aliphatic imine (C=N–C) groups is 1. The zero-order valence-corrected chi connectivity index (χ0v) is 7.88. The fourth-order valence-electron chi connectivity index (χ4n) is 1.65. The summed E-state index contributed by atoms with van der Waals surface area (Å²) >= 11 is 0. The zero-order valence-electron chi connectivity index (χ0n) is 7.88. The number of nitrogens with zero attached hydrogens (tertiary/aromatic N) is 1. The van der Waals surface area contributed by atoms with Crippen LogP contribution in [-0.2, 0) is 13.0 Å². The van der Waals surface area contributed by atoms with Crippen LogP contribution >= 0.6 is 0 Å². The van der Waals surface area contributed by atoms with Gasteiger partial charge in [-0.1, -0.05) is 19.1 Å². The molecule has 2 nitrogen and oxygen atoms in total. The SMILES string of the molecule is CCC1=Nc2ccc(CN)cc2C1. The van der Waals surface area contributed by atoms with Gasteiger partial charge in [-0.3, -0.25) is 4.99 Å². The first-order valence-electron chi connectivity index (χ1n) is 4.71. The number of hydrogen-bond donors (Lipinski definition) is 1. The van der Waals surface area contributed by atoms with Crippen molar-refractivity contribution in [3.8, 4) is 0 Å². The van der Waals surface area contributed by atoms with Gasteiger partial charge in [0.25, 0.3) is 0 Å². The number of benzene rings is 1. The van der Waals surface area contributed by atoms with E-state index in [9.17, 15) is 0 Å². The molecular formula is C11H14N2. The van der Waals surface area contributed by atoms with Gasteiger partial charge in [-0.2, -0.15) is 0 Å². The Hall–Kier alpha value is -1.15. The van der Waals surface area contributed by atoms with Gasteiger partial charge in [0.05, 0.1) is 5.69 Å².